The molecule has 3 heterocycles. The van der Waals surface area contributed by atoms with E-state index in [1.165, 1.54) is 16.8 Å². The summed E-state index contributed by atoms with van der Waals surface area (Å²) in [6.45, 7) is 1.62. The molecule has 2 N–H and O–H groups in total. The first kappa shape index (κ1) is 24.4. The van der Waals surface area contributed by atoms with Crippen molar-refractivity contribution in [1.82, 2.24) is 14.3 Å². The van der Waals surface area contributed by atoms with Gasteiger partial charge in [-0.25, -0.2) is 21.9 Å². The van der Waals surface area contributed by atoms with Gasteiger partial charge in [-0.2, -0.15) is 0 Å². The molecular weight excluding hydrogens is 504 g/mol. The van der Waals surface area contributed by atoms with Crippen LogP contribution in [0.3, 0.4) is 0 Å². The van der Waals surface area contributed by atoms with E-state index in [1.54, 1.807) is 24.5 Å². The number of fused-ring (bicyclic) bond motifs is 3. The molecular formula is C26H21F2N3O5S. The Morgan fingerprint density at radius 1 is 1.14 bits per heavy atom. The second-order valence-corrected chi connectivity index (χ2v) is 10.4. The molecule has 0 fully saturated rings. The van der Waals surface area contributed by atoms with E-state index in [1.807, 2.05) is 11.6 Å². The molecule has 11 heteroatoms. The van der Waals surface area contributed by atoms with Gasteiger partial charge in [-0.1, -0.05) is 6.92 Å². The standard InChI is InChI=1S/C26H21F2N3O5S/c1-3-14-13-36-24-17(14)7-9-20-22(24)21(18-5-4-10-29-25(18)32)23(26(33)30-37(2,34)35)31(20)12-15-11-16(27)6-8-19(15)28/h4-11,13H,3,12H2,1-2H3,(H,29,32)(H,30,33). The molecule has 0 aliphatic rings. The van der Waals surface area contributed by atoms with Crippen LogP contribution < -0.4 is 10.3 Å². The fourth-order valence-corrected chi connectivity index (χ4v) is 5.02. The molecule has 0 aliphatic heterocycles. The number of benzene rings is 2. The highest BCUT2D eigenvalue weighted by atomic mass is 32.2. The quantitative estimate of drug-likeness (QED) is 0.343. The number of aromatic amines is 1. The number of halogens is 2. The van der Waals surface area contributed by atoms with E-state index in [9.17, 15) is 26.8 Å². The van der Waals surface area contributed by atoms with Gasteiger partial charge in [0.15, 0.2) is 0 Å². The minimum atomic E-state index is -4.02. The first-order valence-electron chi connectivity index (χ1n) is 11.3. The van der Waals surface area contributed by atoms with Crippen LogP contribution in [0, 0.1) is 11.6 Å². The van der Waals surface area contributed by atoms with Crippen molar-refractivity contribution in [3.8, 4) is 11.1 Å². The highest BCUT2D eigenvalue weighted by molar-refractivity contribution is 7.89. The van der Waals surface area contributed by atoms with Crippen molar-refractivity contribution in [2.24, 2.45) is 0 Å². The van der Waals surface area contributed by atoms with Gasteiger partial charge in [0, 0.05) is 22.7 Å². The van der Waals surface area contributed by atoms with Crippen molar-refractivity contribution in [1.29, 1.82) is 0 Å². The molecule has 8 nitrogen and oxygen atoms in total. The average molecular weight is 526 g/mol. The van der Waals surface area contributed by atoms with E-state index in [2.05, 4.69) is 4.98 Å². The van der Waals surface area contributed by atoms with Gasteiger partial charge in [0.2, 0.25) is 10.0 Å². The number of H-pyrrole nitrogens is 1. The van der Waals surface area contributed by atoms with Gasteiger partial charge >= 0.3 is 0 Å². The normalized spacial score (nSPS) is 11.9. The monoisotopic (exact) mass is 525 g/mol. The summed E-state index contributed by atoms with van der Waals surface area (Å²) in [5.74, 6) is -2.44. The van der Waals surface area contributed by atoms with E-state index in [4.69, 9.17) is 4.42 Å². The number of amides is 1. The molecule has 0 saturated heterocycles. The maximum absolute atomic E-state index is 14.7. The molecule has 0 atom stereocenters. The zero-order chi connectivity index (χ0) is 26.5. The van der Waals surface area contributed by atoms with Gasteiger partial charge in [0.05, 0.1) is 35.5 Å². The highest BCUT2D eigenvalue weighted by Crippen LogP contribution is 2.40. The van der Waals surface area contributed by atoms with E-state index >= 15 is 0 Å². The number of aryl methyl sites for hydroxylation is 1. The lowest BCUT2D eigenvalue weighted by molar-refractivity contribution is 0.0974. The third kappa shape index (κ3) is 4.31. The summed E-state index contributed by atoms with van der Waals surface area (Å²) in [6.07, 6.45) is 4.46. The molecule has 1 amide bonds. The Morgan fingerprint density at radius 2 is 1.92 bits per heavy atom. The van der Waals surface area contributed by atoms with Crippen LogP contribution in [-0.2, 0) is 23.0 Å². The largest absolute Gasteiger partial charge is 0.463 e. The topological polar surface area (TPSA) is 114 Å². The Hall–Kier alpha value is -4.25. The minimum absolute atomic E-state index is 0.0755. The summed E-state index contributed by atoms with van der Waals surface area (Å²) < 4.78 is 62.0. The van der Waals surface area contributed by atoms with Crippen molar-refractivity contribution in [3.05, 3.63) is 93.7 Å². The number of rotatable bonds is 6. The number of nitrogens with zero attached hydrogens (tertiary/aromatic N) is 1. The molecule has 0 unspecified atom stereocenters. The average Bonchev–Trinajstić information content (AvgIpc) is 3.39. The van der Waals surface area contributed by atoms with Gasteiger partial charge < -0.3 is 14.0 Å². The molecule has 0 bridgehead atoms. The molecule has 0 radical (unpaired) electrons. The third-order valence-corrected chi connectivity index (χ3v) is 6.70. The Labute approximate surface area is 209 Å². The smallest absolute Gasteiger partial charge is 0.282 e. The lowest BCUT2D eigenvalue weighted by Gasteiger charge is -2.13. The molecule has 3 aromatic heterocycles. The van der Waals surface area contributed by atoms with Crippen LogP contribution in [0.5, 0.6) is 0 Å². The first-order valence-corrected chi connectivity index (χ1v) is 13.2. The number of hydrogen-bond donors (Lipinski definition) is 2. The summed E-state index contributed by atoms with van der Waals surface area (Å²) >= 11 is 0. The molecule has 190 valence electrons. The van der Waals surface area contributed by atoms with Crippen molar-refractivity contribution in [2.45, 2.75) is 19.9 Å². The molecule has 5 rings (SSSR count). The van der Waals surface area contributed by atoms with Crippen LogP contribution in [0.15, 0.2) is 64.1 Å². The van der Waals surface area contributed by atoms with Crippen LogP contribution in [0.1, 0.15) is 28.5 Å². The minimum Gasteiger partial charge on any atom is -0.463 e. The molecule has 2 aromatic carbocycles. The Balaban J connectivity index is 1.95. The van der Waals surface area contributed by atoms with Crippen molar-refractivity contribution in [3.63, 3.8) is 0 Å². The summed E-state index contributed by atoms with van der Waals surface area (Å²) in [6, 6.07) is 9.43. The number of furan rings is 1. The Bertz CT molecular complexity index is 1870. The van der Waals surface area contributed by atoms with E-state index in [0.717, 1.165) is 35.4 Å². The van der Waals surface area contributed by atoms with Crippen LogP contribution in [0.25, 0.3) is 33.0 Å². The summed E-state index contributed by atoms with van der Waals surface area (Å²) in [4.78, 5) is 29.0. The van der Waals surface area contributed by atoms with E-state index in [0.29, 0.717) is 22.9 Å². The number of aromatic nitrogens is 2. The van der Waals surface area contributed by atoms with Crippen molar-refractivity contribution >= 4 is 37.8 Å². The van der Waals surface area contributed by atoms with Gasteiger partial charge in [-0.3, -0.25) is 9.59 Å². The summed E-state index contributed by atoms with van der Waals surface area (Å²) in [5, 5.41) is 1.11. The van der Waals surface area contributed by atoms with Gasteiger partial charge in [-0.05, 0) is 54.4 Å². The molecule has 0 saturated carbocycles. The van der Waals surface area contributed by atoms with Gasteiger partial charge in [-0.15, -0.1) is 0 Å². The fraction of sp³-hybridized carbons (Fsp3) is 0.154. The second-order valence-electron chi connectivity index (χ2n) is 8.61. The predicted molar refractivity (Wildman–Crippen MR) is 135 cm³/mol. The SMILES string of the molecule is CCc1coc2c1ccc1c2c(-c2ccc[nH]c2=O)c(C(=O)NS(C)(=O)=O)n1Cc1cc(F)ccc1F. The number of pyridine rings is 1. The number of sulfonamides is 1. The van der Waals surface area contributed by atoms with Crippen LogP contribution in [0.4, 0.5) is 8.78 Å². The maximum Gasteiger partial charge on any atom is 0.282 e. The fourth-order valence-electron chi connectivity index (χ4n) is 4.59. The van der Waals surface area contributed by atoms with Gasteiger partial charge in [0.1, 0.15) is 22.9 Å². The molecule has 37 heavy (non-hydrogen) atoms. The maximum atomic E-state index is 14.7. The third-order valence-electron chi connectivity index (χ3n) is 6.15. The predicted octanol–water partition coefficient (Wildman–Crippen LogP) is 4.32. The number of hydrogen-bond acceptors (Lipinski definition) is 5. The number of carbonyl (C=O) groups excluding carboxylic acids is 1. The lowest BCUT2D eigenvalue weighted by atomic mass is 10.0. The number of nitrogens with one attached hydrogen (secondary N) is 2. The van der Waals surface area contributed by atoms with Gasteiger partial charge in [0.25, 0.3) is 11.5 Å². The zero-order valence-electron chi connectivity index (χ0n) is 19.8. The molecule has 0 spiro atoms. The lowest BCUT2D eigenvalue weighted by Crippen LogP contribution is -2.32. The van der Waals surface area contributed by atoms with E-state index in [-0.39, 0.29) is 28.9 Å². The Morgan fingerprint density at radius 3 is 2.62 bits per heavy atom. The highest BCUT2D eigenvalue weighted by Gasteiger charge is 2.30. The van der Waals surface area contributed by atoms with Crippen LogP contribution >= 0.6 is 0 Å². The van der Waals surface area contributed by atoms with E-state index < -0.39 is 33.1 Å². The van der Waals surface area contributed by atoms with Crippen LogP contribution in [-0.4, -0.2) is 30.1 Å². The number of carbonyl (C=O) groups is 1. The van der Waals surface area contributed by atoms with Crippen molar-refractivity contribution < 1.29 is 26.4 Å². The molecule has 5 aromatic rings. The molecule has 0 aliphatic carbocycles. The van der Waals surface area contributed by atoms with Crippen molar-refractivity contribution in [2.75, 3.05) is 6.26 Å². The Kier molecular flexibility index (Phi) is 5.95. The zero-order valence-corrected chi connectivity index (χ0v) is 20.6. The van der Waals surface area contributed by atoms with Crippen LogP contribution in [0.2, 0.25) is 0 Å². The summed E-state index contributed by atoms with van der Waals surface area (Å²) in [7, 11) is -4.02. The second kappa shape index (κ2) is 9.00. The first-order chi connectivity index (χ1) is 17.6. The summed E-state index contributed by atoms with van der Waals surface area (Å²) in [5.41, 5.74) is 0.978.